The normalized spacial score (nSPS) is 10.5. The minimum Gasteiger partial charge on any atom is -0.323 e. The number of benzene rings is 1. The van der Waals surface area contributed by atoms with E-state index in [4.69, 9.17) is 5.84 Å². The van der Waals surface area contributed by atoms with Crippen LogP contribution in [0.4, 0.5) is 5.69 Å². The number of halogens is 1. The number of nitrogens with zero attached hydrogens (tertiary/aromatic N) is 1. The zero-order chi connectivity index (χ0) is 10.1. The highest BCUT2D eigenvalue weighted by Gasteiger charge is 2.06. The summed E-state index contributed by atoms with van der Waals surface area (Å²) in [6.45, 7) is 2.04. The van der Waals surface area contributed by atoms with Gasteiger partial charge in [-0.05, 0) is 40.5 Å². The van der Waals surface area contributed by atoms with E-state index in [0.717, 1.165) is 26.6 Å². The van der Waals surface area contributed by atoms with Gasteiger partial charge < -0.3 is 5.43 Å². The molecule has 0 radical (unpaired) electrons. The lowest BCUT2D eigenvalue weighted by Crippen LogP contribution is -2.07. The first-order valence-corrected chi connectivity index (χ1v) is 5.04. The van der Waals surface area contributed by atoms with E-state index >= 15 is 0 Å². The summed E-state index contributed by atoms with van der Waals surface area (Å²) < 4.78 is 0.982. The first-order chi connectivity index (χ1) is 6.74. The Morgan fingerprint density at radius 2 is 2.14 bits per heavy atom. The van der Waals surface area contributed by atoms with Gasteiger partial charge in [0.15, 0.2) is 0 Å². The number of pyridine rings is 1. The molecule has 1 heterocycles. The third kappa shape index (κ3) is 1.36. The van der Waals surface area contributed by atoms with Crippen molar-refractivity contribution in [1.82, 2.24) is 4.98 Å². The molecule has 3 N–H and O–H groups in total. The monoisotopic (exact) mass is 251 g/mol. The number of aromatic nitrogens is 1. The zero-order valence-corrected chi connectivity index (χ0v) is 9.30. The van der Waals surface area contributed by atoms with E-state index in [0.29, 0.717) is 0 Å². The number of hydrazine groups is 1. The first kappa shape index (κ1) is 9.43. The molecular formula is C10H10BrN3. The van der Waals surface area contributed by atoms with Gasteiger partial charge in [0.25, 0.3) is 0 Å². The number of hydrogen-bond acceptors (Lipinski definition) is 3. The van der Waals surface area contributed by atoms with Crippen molar-refractivity contribution >= 4 is 32.5 Å². The molecule has 72 valence electrons. The summed E-state index contributed by atoms with van der Waals surface area (Å²) in [6, 6.07) is 5.89. The first-order valence-electron chi connectivity index (χ1n) is 4.24. The van der Waals surface area contributed by atoms with Crippen molar-refractivity contribution in [2.75, 3.05) is 5.43 Å². The molecule has 0 aliphatic rings. The van der Waals surface area contributed by atoms with Gasteiger partial charge in [0.2, 0.25) is 0 Å². The van der Waals surface area contributed by atoms with E-state index in [9.17, 15) is 0 Å². The molecule has 0 aliphatic carbocycles. The van der Waals surface area contributed by atoms with Crippen LogP contribution < -0.4 is 11.3 Å². The van der Waals surface area contributed by atoms with Gasteiger partial charge in [-0.25, -0.2) is 0 Å². The molecule has 14 heavy (non-hydrogen) atoms. The fraction of sp³-hybridized carbons (Fsp3) is 0.100. The molecule has 0 atom stereocenters. The maximum Gasteiger partial charge on any atom is 0.0867 e. The van der Waals surface area contributed by atoms with Crippen LogP contribution in [0.15, 0.2) is 28.9 Å². The second-order valence-corrected chi connectivity index (χ2v) is 3.95. The maximum absolute atomic E-state index is 5.44. The lowest BCUT2D eigenvalue weighted by Gasteiger charge is -2.08. The largest absolute Gasteiger partial charge is 0.323 e. The van der Waals surface area contributed by atoms with Crippen LogP contribution in [0.25, 0.3) is 10.9 Å². The molecule has 4 heteroatoms. The number of nitrogens with one attached hydrogen (secondary N) is 1. The Balaban J connectivity index is 2.92. The van der Waals surface area contributed by atoms with Gasteiger partial charge in [-0.15, -0.1) is 0 Å². The number of nitrogens with two attached hydrogens (primary N) is 1. The lowest BCUT2D eigenvalue weighted by molar-refractivity contribution is 1.32. The van der Waals surface area contributed by atoms with Gasteiger partial charge in [-0.2, -0.15) is 0 Å². The fourth-order valence-electron chi connectivity index (χ4n) is 1.52. The van der Waals surface area contributed by atoms with Crippen LogP contribution in [0.3, 0.4) is 0 Å². The Morgan fingerprint density at radius 1 is 1.36 bits per heavy atom. The molecule has 0 spiro atoms. The number of fused-ring (bicyclic) bond motifs is 1. The molecular weight excluding hydrogens is 242 g/mol. The van der Waals surface area contributed by atoms with Crippen LogP contribution in [0.2, 0.25) is 0 Å². The van der Waals surface area contributed by atoms with Crippen molar-refractivity contribution in [1.29, 1.82) is 0 Å². The van der Waals surface area contributed by atoms with Crippen LogP contribution in [-0.4, -0.2) is 4.98 Å². The average Bonchev–Trinajstić information content (AvgIpc) is 2.23. The number of anilines is 1. The molecule has 3 nitrogen and oxygen atoms in total. The second-order valence-electron chi connectivity index (χ2n) is 3.09. The van der Waals surface area contributed by atoms with Crippen LogP contribution in [0.5, 0.6) is 0 Å². The quantitative estimate of drug-likeness (QED) is 0.605. The molecule has 0 bridgehead atoms. The number of nitrogen functional groups attached to an aromatic ring is 1. The van der Waals surface area contributed by atoms with E-state index in [1.807, 2.05) is 25.1 Å². The summed E-state index contributed by atoms with van der Waals surface area (Å²) in [5, 5.41) is 1.06. The summed E-state index contributed by atoms with van der Waals surface area (Å²) in [4.78, 5) is 4.31. The highest BCUT2D eigenvalue weighted by Crippen LogP contribution is 2.29. The van der Waals surface area contributed by atoms with Gasteiger partial charge in [-0.1, -0.05) is 6.07 Å². The van der Waals surface area contributed by atoms with E-state index in [1.54, 1.807) is 6.20 Å². The molecule has 0 amide bonds. The summed E-state index contributed by atoms with van der Waals surface area (Å²) in [5.41, 5.74) is 5.66. The Hall–Kier alpha value is -1.13. The van der Waals surface area contributed by atoms with Crippen molar-refractivity contribution in [2.45, 2.75) is 6.92 Å². The van der Waals surface area contributed by atoms with Gasteiger partial charge in [0, 0.05) is 16.1 Å². The molecule has 0 saturated carbocycles. The Labute approximate surface area is 90.4 Å². The molecule has 0 unspecified atom stereocenters. The van der Waals surface area contributed by atoms with Crippen LogP contribution in [0, 0.1) is 6.92 Å². The minimum atomic E-state index is 0.897. The van der Waals surface area contributed by atoms with Crippen LogP contribution in [0.1, 0.15) is 5.56 Å². The van der Waals surface area contributed by atoms with Crippen molar-refractivity contribution < 1.29 is 0 Å². The van der Waals surface area contributed by atoms with Crippen molar-refractivity contribution in [2.24, 2.45) is 5.84 Å². The lowest BCUT2D eigenvalue weighted by atomic mass is 10.1. The predicted octanol–water partition coefficient (Wildman–Crippen LogP) is 2.59. The predicted molar refractivity (Wildman–Crippen MR) is 62.0 cm³/mol. The Kier molecular flexibility index (Phi) is 2.39. The molecule has 0 saturated heterocycles. The van der Waals surface area contributed by atoms with Crippen LogP contribution in [-0.2, 0) is 0 Å². The molecule has 1 aromatic carbocycles. The zero-order valence-electron chi connectivity index (χ0n) is 7.71. The topological polar surface area (TPSA) is 50.9 Å². The minimum absolute atomic E-state index is 0.897. The molecule has 2 rings (SSSR count). The third-order valence-corrected chi connectivity index (χ3v) is 2.85. The summed E-state index contributed by atoms with van der Waals surface area (Å²) in [7, 11) is 0. The summed E-state index contributed by atoms with van der Waals surface area (Å²) >= 11 is 3.46. The molecule has 0 fully saturated rings. The molecule has 1 aromatic heterocycles. The summed E-state index contributed by atoms with van der Waals surface area (Å²) in [5.74, 6) is 5.44. The van der Waals surface area contributed by atoms with E-state index in [-0.39, 0.29) is 0 Å². The van der Waals surface area contributed by atoms with Gasteiger partial charge in [0.1, 0.15) is 0 Å². The van der Waals surface area contributed by atoms with Gasteiger partial charge >= 0.3 is 0 Å². The van der Waals surface area contributed by atoms with E-state index < -0.39 is 0 Å². The average molecular weight is 252 g/mol. The fourth-order valence-corrected chi connectivity index (χ4v) is 1.96. The number of aryl methyl sites for hydroxylation is 1. The Morgan fingerprint density at radius 3 is 2.86 bits per heavy atom. The standard InChI is InChI=1S/C10H10BrN3/c1-6-2-3-7(11)10-9(6)8(14-12)4-5-13-10/h2-5H,12H2,1H3,(H,13,14). The van der Waals surface area contributed by atoms with E-state index in [1.165, 1.54) is 0 Å². The Bertz CT molecular complexity index is 482. The highest BCUT2D eigenvalue weighted by molar-refractivity contribution is 9.10. The van der Waals surface area contributed by atoms with Gasteiger partial charge in [-0.3, -0.25) is 10.8 Å². The number of rotatable bonds is 1. The summed E-state index contributed by atoms with van der Waals surface area (Å²) in [6.07, 6.45) is 1.74. The molecule has 2 aromatic rings. The SMILES string of the molecule is Cc1ccc(Br)c2nccc(NN)c12. The third-order valence-electron chi connectivity index (χ3n) is 2.21. The van der Waals surface area contributed by atoms with E-state index in [2.05, 4.69) is 26.3 Å². The second kappa shape index (κ2) is 3.55. The van der Waals surface area contributed by atoms with Crippen LogP contribution >= 0.6 is 15.9 Å². The van der Waals surface area contributed by atoms with Crippen molar-refractivity contribution in [3.63, 3.8) is 0 Å². The highest BCUT2D eigenvalue weighted by atomic mass is 79.9. The van der Waals surface area contributed by atoms with Crippen molar-refractivity contribution in [3.05, 3.63) is 34.4 Å². The molecule has 0 aliphatic heterocycles. The smallest absolute Gasteiger partial charge is 0.0867 e. The van der Waals surface area contributed by atoms with Crippen molar-refractivity contribution in [3.8, 4) is 0 Å². The maximum atomic E-state index is 5.44. The number of hydrogen-bond donors (Lipinski definition) is 2. The van der Waals surface area contributed by atoms with Gasteiger partial charge in [0.05, 0.1) is 11.2 Å².